The summed E-state index contributed by atoms with van der Waals surface area (Å²) >= 11 is 1.26. The Morgan fingerprint density at radius 2 is 1.88 bits per heavy atom. The number of benzene rings is 2. The molecule has 0 aliphatic carbocycles. The van der Waals surface area contributed by atoms with Crippen molar-refractivity contribution in [1.82, 2.24) is 14.9 Å². The summed E-state index contributed by atoms with van der Waals surface area (Å²) < 4.78 is 41.9. The summed E-state index contributed by atoms with van der Waals surface area (Å²) in [5.74, 6) is -0.557. The molecule has 0 aliphatic heterocycles. The normalized spacial score (nSPS) is 11.3. The molecule has 0 saturated heterocycles. The van der Waals surface area contributed by atoms with Crippen molar-refractivity contribution in [3.63, 3.8) is 0 Å². The SMILES string of the molecule is O=C(NCc1ccc(-c2csnn2)cc1)c1cccc(C(F)(F)F)c1. The summed E-state index contributed by atoms with van der Waals surface area (Å²) in [6.07, 6.45) is -4.48. The highest BCUT2D eigenvalue weighted by Crippen LogP contribution is 2.29. The summed E-state index contributed by atoms with van der Waals surface area (Å²) in [6, 6.07) is 11.7. The number of hydrogen-bond acceptors (Lipinski definition) is 4. The first-order valence-corrected chi connectivity index (χ1v) is 8.09. The Hall–Kier alpha value is -2.74. The van der Waals surface area contributed by atoms with E-state index in [1.807, 2.05) is 29.6 Å². The van der Waals surface area contributed by atoms with Gasteiger partial charge in [-0.15, -0.1) is 5.10 Å². The molecule has 3 rings (SSSR count). The molecule has 1 amide bonds. The molecule has 0 unspecified atom stereocenters. The lowest BCUT2D eigenvalue weighted by Crippen LogP contribution is -2.23. The van der Waals surface area contributed by atoms with Crippen LogP contribution in [0, 0.1) is 0 Å². The van der Waals surface area contributed by atoms with Gasteiger partial charge in [-0.25, -0.2) is 0 Å². The number of nitrogens with zero attached hydrogens (tertiary/aromatic N) is 2. The van der Waals surface area contributed by atoms with Crippen molar-refractivity contribution in [1.29, 1.82) is 0 Å². The van der Waals surface area contributed by atoms with Crippen LogP contribution < -0.4 is 5.32 Å². The van der Waals surface area contributed by atoms with E-state index in [1.54, 1.807) is 0 Å². The highest BCUT2D eigenvalue weighted by Gasteiger charge is 2.30. The van der Waals surface area contributed by atoms with Gasteiger partial charge in [0.15, 0.2) is 0 Å². The van der Waals surface area contributed by atoms with E-state index in [0.717, 1.165) is 29.0 Å². The van der Waals surface area contributed by atoms with Gasteiger partial charge in [-0.2, -0.15) is 13.2 Å². The monoisotopic (exact) mass is 363 g/mol. The molecule has 128 valence electrons. The van der Waals surface area contributed by atoms with Gasteiger partial charge < -0.3 is 5.32 Å². The van der Waals surface area contributed by atoms with Crippen LogP contribution in [0.1, 0.15) is 21.5 Å². The van der Waals surface area contributed by atoms with Crippen molar-refractivity contribution in [3.05, 3.63) is 70.6 Å². The standard InChI is InChI=1S/C17H12F3N3OS/c18-17(19,20)14-3-1-2-13(8-14)16(24)21-9-11-4-6-12(7-5-11)15-10-25-23-22-15/h1-8,10H,9H2,(H,21,24). The van der Waals surface area contributed by atoms with Crippen LogP contribution in [0.4, 0.5) is 13.2 Å². The Balaban J connectivity index is 1.64. The minimum Gasteiger partial charge on any atom is -0.348 e. The molecule has 2 aromatic carbocycles. The maximum atomic E-state index is 12.7. The summed E-state index contributed by atoms with van der Waals surface area (Å²) in [6.45, 7) is 0.213. The van der Waals surface area contributed by atoms with Crippen LogP contribution in [0.15, 0.2) is 53.9 Å². The Bertz CT molecular complexity index is 862. The molecule has 0 saturated carbocycles. The van der Waals surface area contributed by atoms with E-state index in [0.29, 0.717) is 0 Å². The summed E-state index contributed by atoms with van der Waals surface area (Å²) in [4.78, 5) is 12.1. The average molecular weight is 363 g/mol. The number of aromatic nitrogens is 2. The minimum absolute atomic E-state index is 0.0278. The van der Waals surface area contributed by atoms with Crippen molar-refractivity contribution in [3.8, 4) is 11.3 Å². The first kappa shape index (κ1) is 17.1. The third-order valence-electron chi connectivity index (χ3n) is 3.51. The largest absolute Gasteiger partial charge is 0.416 e. The van der Waals surface area contributed by atoms with Gasteiger partial charge in [-0.05, 0) is 35.3 Å². The lowest BCUT2D eigenvalue weighted by Gasteiger charge is -2.09. The molecular weight excluding hydrogens is 351 g/mol. The van der Waals surface area contributed by atoms with E-state index in [1.165, 1.54) is 23.7 Å². The van der Waals surface area contributed by atoms with Crippen LogP contribution in [0.25, 0.3) is 11.3 Å². The van der Waals surface area contributed by atoms with Gasteiger partial charge >= 0.3 is 6.18 Å². The van der Waals surface area contributed by atoms with Gasteiger partial charge in [0.2, 0.25) is 0 Å². The molecule has 0 fully saturated rings. The van der Waals surface area contributed by atoms with Gasteiger partial charge in [-0.1, -0.05) is 34.8 Å². The Morgan fingerprint density at radius 3 is 2.52 bits per heavy atom. The number of alkyl halides is 3. The molecule has 25 heavy (non-hydrogen) atoms. The molecule has 3 aromatic rings. The first-order chi connectivity index (χ1) is 11.9. The van der Waals surface area contributed by atoms with Crippen molar-refractivity contribution >= 4 is 17.4 Å². The van der Waals surface area contributed by atoms with Gasteiger partial charge in [0, 0.05) is 23.1 Å². The Kier molecular flexibility index (Phi) is 4.80. The predicted molar refractivity (Wildman–Crippen MR) is 88.0 cm³/mol. The topological polar surface area (TPSA) is 54.9 Å². The number of hydrogen-bond donors (Lipinski definition) is 1. The van der Waals surface area contributed by atoms with Gasteiger partial charge in [0.05, 0.1) is 5.56 Å². The van der Waals surface area contributed by atoms with Gasteiger partial charge in [0.1, 0.15) is 5.69 Å². The molecule has 0 bridgehead atoms. The van der Waals surface area contributed by atoms with E-state index in [2.05, 4.69) is 14.9 Å². The molecule has 4 nitrogen and oxygen atoms in total. The van der Waals surface area contributed by atoms with Crippen molar-refractivity contribution < 1.29 is 18.0 Å². The smallest absolute Gasteiger partial charge is 0.348 e. The number of rotatable bonds is 4. The van der Waals surface area contributed by atoms with Crippen LogP contribution in [-0.2, 0) is 12.7 Å². The zero-order valence-corrected chi connectivity index (χ0v) is 13.6. The van der Waals surface area contributed by atoms with Crippen LogP contribution >= 0.6 is 11.5 Å². The number of carbonyl (C=O) groups is 1. The van der Waals surface area contributed by atoms with E-state index >= 15 is 0 Å². The predicted octanol–water partition coefficient (Wildman–Crippen LogP) is 4.15. The third-order valence-corrected chi connectivity index (χ3v) is 4.02. The second-order valence-electron chi connectivity index (χ2n) is 5.25. The number of carbonyl (C=O) groups excluding carboxylic acids is 1. The maximum Gasteiger partial charge on any atom is 0.416 e. The van der Waals surface area contributed by atoms with Crippen molar-refractivity contribution in [2.45, 2.75) is 12.7 Å². The molecule has 0 spiro atoms. The lowest BCUT2D eigenvalue weighted by atomic mass is 10.1. The summed E-state index contributed by atoms with van der Waals surface area (Å²) in [5.41, 5.74) is 1.62. The highest BCUT2D eigenvalue weighted by atomic mass is 32.1. The number of nitrogens with one attached hydrogen (secondary N) is 1. The lowest BCUT2D eigenvalue weighted by molar-refractivity contribution is -0.137. The van der Waals surface area contributed by atoms with Crippen LogP contribution in [0.2, 0.25) is 0 Å². The fraction of sp³-hybridized carbons (Fsp3) is 0.118. The molecular formula is C17H12F3N3OS. The summed E-state index contributed by atoms with van der Waals surface area (Å²) in [5, 5.41) is 8.40. The molecule has 0 radical (unpaired) electrons. The number of halogens is 3. The fourth-order valence-electron chi connectivity index (χ4n) is 2.20. The quantitative estimate of drug-likeness (QED) is 0.757. The van der Waals surface area contributed by atoms with Crippen LogP contribution in [0.3, 0.4) is 0 Å². The molecule has 0 aliphatic rings. The minimum atomic E-state index is -4.48. The van der Waals surface area contributed by atoms with Crippen LogP contribution in [-0.4, -0.2) is 15.5 Å². The number of amides is 1. The molecule has 1 heterocycles. The zero-order valence-electron chi connectivity index (χ0n) is 12.7. The molecule has 1 aromatic heterocycles. The summed E-state index contributed by atoms with van der Waals surface area (Å²) in [7, 11) is 0. The van der Waals surface area contributed by atoms with E-state index < -0.39 is 17.6 Å². The fourth-order valence-corrected chi connectivity index (χ4v) is 2.67. The van der Waals surface area contributed by atoms with Crippen molar-refractivity contribution in [2.75, 3.05) is 0 Å². The molecule has 8 heteroatoms. The molecule has 0 atom stereocenters. The third kappa shape index (κ3) is 4.21. The highest BCUT2D eigenvalue weighted by molar-refractivity contribution is 7.03. The Morgan fingerprint density at radius 1 is 1.12 bits per heavy atom. The second kappa shape index (κ2) is 7.02. The first-order valence-electron chi connectivity index (χ1n) is 7.25. The van der Waals surface area contributed by atoms with E-state index in [9.17, 15) is 18.0 Å². The van der Waals surface area contributed by atoms with E-state index in [4.69, 9.17) is 0 Å². The average Bonchev–Trinajstić information content (AvgIpc) is 3.14. The molecule has 1 N–H and O–H groups in total. The Labute approximate surface area is 145 Å². The van der Waals surface area contributed by atoms with Crippen molar-refractivity contribution in [2.24, 2.45) is 0 Å². The second-order valence-corrected chi connectivity index (χ2v) is 5.86. The van der Waals surface area contributed by atoms with Crippen LogP contribution in [0.5, 0.6) is 0 Å². The maximum absolute atomic E-state index is 12.7. The zero-order chi connectivity index (χ0) is 17.9. The van der Waals surface area contributed by atoms with Gasteiger partial charge in [-0.3, -0.25) is 4.79 Å². The van der Waals surface area contributed by atoms with E-state index in [-0.39, 0.29) is 12.1 Å². The van der Waals surface area contributed by atoms with Gasteiger partial charge in [0.25, 0.3) is 5.91 Å².